The zero-order valence-corrected chi connectivity index (χ0v) is 13.7. The Labute approximate surface area is 140 Å². The maximum absolute atomic E-state index is 12.4. The number of ether oxygens (including phenoxy) is 2. The van der Waals surface area contributed by atoms with Gasteiger partial charge in [0.05, 0.1) is 24.5 Å². The van der Waals surface area contributed by atoms with Gasteiger partial charge < -0.3 is 25.8 Å². The molecule has 0 radical (unpaired) electrons. The molecular weight excluding hydrogens is 310 g/mol. The number of anilines is 1. The first-order valence-corrected chi connectivity index (χ1v) is 8.26. The van der Waals surface area contributed by atoms with Crippen LogP contribution in [0.4, 0.5) is 5.69 Å². The topological polar surface area (TPSA) is 103 Å². The Morgan fingerprint density at radius 1 is 1.29 bits per heavy atom. The van der Waals surface area contributed by atoms with Gasteiger partial charge in [0, 0.05) is 12.6 Å². The van der Waals surface area contributed by atoms with Crippen molar-refractivity contribution in [1.29, 1.82) is 0 Å². The van der Waals surface area contributed by atoms with E-state index in [9.17, 15) is 9.59 Å². The first-order valence-electron chi connectivity index (χ1n) is 8.26. The van der Waals surface area contributed by atoms with E-state index in [0.717, 1.165) is 19.3 Å². The number of benzene rings is 1. The van der Waals surface area contributed by atoms with Crippen LogP contribution in [0.1, 0.15) is 36.0 Å². The molecule has 0 aromatic heterocycles. The van der Waals surface area contributed by atoms with Gasteiger partial charge in [0.2, 0.25) is 0 Å². The highest BCUT2D eigenvalue weighted by molar-refractivity contribution is 6.05. The summed E-state index contributed by atoms with van der Waals surface area (Å²) in [6.07, 6.45) is 2.79. The van der Waals surface area contributed by atoms with E-state index in [1.54, 1.807) is 18.2 Å². The molecule has 7 nitrogen and oxygen atoms in total. The zero-order valence-electron chi connectivity index (χ0n) is 13.7. The minimum Gasteiger partial charge on any atom is -0.497 e. The number of amides is 2. The van der Waals surface area contributed by atoms with E-state index in [2.05, 4.69) is 10.6 Å². The summed E-state index contributed by atoms with van der Waals surface area (Å²) in [7, 11) is 1.54. The van der Waals surface area contributed by atoms with Crippen molar-refractivity contribution in [2.75, 3.05) is 19.0 Å². The van der Waals surface area contributed by atoms with Crippen molar-refractivity contribution < 1.29 is 19.1 Å². The van der Waals surface area contributed by atoms with E-state index in [1.807, 2.05) is 0 Å². The molecule has 2 amide bonds. The van der Waals surface area contributed by atoms with Gasteiger partial charge in [-0.15, -0.1) is 0 Å². The van der Waals surface area contributed by atoms with Crippen molar-refractivity contribution in [1.82, 2.24) is 5.32 Å². The minimum absolute atomic E-state index is 0.0748. The number of hydrogen-bond donors (Lipinski definition) is 3. The van der Waals surface area contributed by atoms with Crippen LogP contribution < -0.4 is 21.1 Å². The molecule has 2 aliphatic rings. The molecule has 0 unspecified atom stereocenters. The van der Waals surface area contributed by atoms with Gasteiger partial charge in [0.25, 0.3) is 11.8 Å². The SMILES string of the molecule is COc1ccc(NC(=O)[C@@H]2CC[C@H](CN)O2)c(C(=O)NC2CC2)c1. The second kappa shape index (κ2) is 7.19. The third-order valence-corrected chi connectivity index (χ3v) is 4.30. The summed E-state index contributed by atoms with van der Waals surface area (Å²) >= 11 is 0. The lowest BCUT2D eigenvalue weighted by Crippen LogP contribution is -2.31. The van der Waals surface area contributed by atoms with E-state index in [1.165, 1.54) is 7.11 Å². The van der Waals surface area contributed by atoms with Gasteiger partial charge in [0.15, 0.2) is 0 Å². The highest BCUT2D eigenvalue weighted by atomic mass is 16.5. The lowest BCUT2D eigenvalue weighted by Gasteiger charge is -2.16. The van der Waals surface area contributed by atoms with Crippen LogP contribution in [0.15, 0.2) is 18.2 Å². The third-order valence-electron chi connectivity index (χ3n) is 4.30. The van der Waals surface area contributed by atoms with E-state index >= 15 is 0 Å². The van der Waals surface area contributed by atoms with Crippen LogP contribution >= 0.6 is 0 Å². The lowest BCUT2D eigenvalue weighted by atomic mass is 10.1. The van der Waals surface area contributed by atoms with Crippen molar-refractivity contribution >= 4 is 17.5 Å². The second-order valence-corrected chi connectivity index (χ2v) is 6.21. The van der Waals surface area contributed by atoms with Crippen molar-refractivity contribution in [3.8, 4) is 5.75 Å². The molecule has 1 heterocycles. The predicted molar refractivity (Wildman–Crippen MR) is 89.1 cm³/mol. The van der Waals surface area contributed by atoms with Crippen LogP contribution in [0.3, 0.4) is 0 Å². The molecule has 2 atom stereocenters. The van der Waals surface area contributed by atoms with E-state index < -0.39 is 6.10 Å². The Kier molecular flexibility index (Phi) is 5.01. The molecule has 1 aromatic carbocycles. The van der Waals surface area contributed by atoms with Gasteiger partial charge in [0.1, 0.15) is 11.9 Å². The average Bonchev–Trinajstić information content (AvgIpc) is 3.27. The molecule has 1 aliphatic heterocycles. The Balaban J connectivity index is 1.73. The number of carbonyl (C=O) groups excluding carboxylic acids is 2. The summed E-state index contributed by atoms with van der Waals surface area (Å²) in [5.74, 6) is 0.102. The Hall–Kier alpha value is -2.12. The molecule has 2 fully saturated rings. The normalized spacial score (nSPS) is 22.9. The number of methoxy groups -OCH3 is 1. The van der Waals surface area contributed by atoms with Gasteiger partial charge in [-0.3, -0.25) is 9.59 Å². The highest BCUT2D eigenvalue weighted by Gasteiger charge is 2.31. The maximum Gasteiger partial charge on any atom is 0.253 e. The second-order valence-electron chi connectivity index (χ2n) is 6.21. The molecule has 1 aliphatic carbocycles. The quantitative estimate of drug-likeness (QED) is 0.721. The zero-order chi connectivity index (χ0) is 17.1. The molecule has 1 saturated heterocycles. The van der Waals surface area contributed by atoms with Crippen molar-refractivity contribution in [2.24, 2.45) is 5.73 Å². The van der Waals surface area contributed by atoms with Crippen molar-refractivity contribution in [2.45, 2.75) is 43.9 Å². The number of nitrogens with two attached hydrogens (primary N) is 1. The molecule has 4 N–H and O–H groups in total. The van der Waals surface area contributed by atoms with Crippen LogP contribution in [0.25, 0.3) is 0 Å². The van der Waals surface area contributed by atoms with Crippen molar-refractivity contribution in [3.63, 3.8) is 0 Å². The van der Waals surface area contributed by atoms with Crippen LogP contribution in [0.2, 0.25) is 0 Å². The van der Waals surface area contributed by atoms with E-state index in [0.29, 0.717) is 30.0 Å². The number of carbonyl (C=O) groups is 2. The third kappa shape index (κ3) is 3.85. The molecule has 24 heavy (non-hydrogen) atoms. The fraction of sp³-hybridized carbons (Fsp3) is 0.529. The smallest absolute Gasteiger partial charge is 0.253 e. The molecule has 1 aromatic rings. The number of nitrogens with one attached hydrogen (secondary N) is 2. The fourth-order valence-corrected chi connectivity index (χ4v) is 2.72. The maximum atomic E-state index is 12.4. The number of hydrogen-bond acceptors (Lipinski definition) is 5. The monoisotopic (exact) mass is 333 g/mol. The largest absolute Gasteiger partial charge is 0.497 e. The first kappa shape index (κ1) is 16.7. The molecule has 0 bridgehead atoms. The Bertz CT molecular complexity index is 630. The Morgan fingerprint density at radius 3 is 2.71 bits per heavy atom. The molecule has 7 heteroatoms. The number of rotatable bonds is 6. The summed E-state index contributed by atoms with van der Waals surface area (Å²) in [5.41, 5.74) is 6.42. The summed E-state index contributed by atoms with van der Waals surface area (Å²) < 4.78 is 10.8. The predicted octanol–water partition coefficient (Wildman–Crippen LogP) is 1.03. The van der Waals surface area contributed by atoms with Gasteiger partial charge >= 0.3 is 0 Å². The first-order chi connectivity index (χ1) is 11.6. The summed E-state index contributed by atoms with van der Waals surface area (Å²) in [4.78, 5) is 24.8. The van der Waals surface area contributed by atoms with E-state index in [4.69, 9.17) is 15.2 Å². The molecular formula is C17H23N3O4. The standard InChI is InChI=1S/C17H23N3O4/c1-23-11-4-6-14(13(8-11)16(21)19-10-2-3-10)20-17(22)15-7-5-12(9-18)24-15/h4,6,8,10,12,15H,2-3,5,7,9,18H2,1H3,(H,19,21)(H,20,22)/t12-,15+/m1/s1. The van der Waals surface area contributed by atoms with Gasteiger partial charge in [-0.25, -0.2) is 0 Å². The van der Waals surface area contributed by atoms with Crippen LogP contribution in [0, 0.1) is 0 Å². The van der Waals surface area contributed by atoms with Gasteiger partial charge in [-0.2, -0.15) is 0 Å². The van der Waals surface area contributed by atoms with Crippen LogP contribution in [-0.2, 0) is 9.53 Å². The molecule has 1 saturated carbocycles. The van der Waals surface area contributed by atoms with E-state index in [-0.39, 0.29) is 24.0 Å². The minimum atomic E-state index is -0.528. The lowest BCUT2D eigenvalue weighted by molar-refractivity contribution is -0.126. The average molecular weight is 333 g/mol. The fourth-order valence-electron chi connectivity index (χ4n) is 2.72. The van der Waals surface area contributed by atoms with Crippen LogP contribution in [0.5, 0.6) is 5.75 Å². The van der Waals surface area contributed by atoms with Crippen LogP contribution in [-0.4, -0.2) is 43.7 Å². The molecule has 3 rings (SSSR count). The summed E-state index contributed by atoms with van der Waals surface area (Å²) in [6.45, 7) is 0.404. The molecule has 130 valence electrons. The highest BCUT2D eigenvalue weighted by Crippen LogP contribution is 2.26. The van der Waals surface area contributed by atoms with Gasteiger partial charge in [-0.1, -0.05) is 0 Å². The van der Waals surface area contributed by atoms with Gasteiger partial charge in [-0.05, 0) is 43.9 Å². The Morgan fingerprint density at radius 2 is 2.08 bits per heavy atom. The summed E-state index contributed by atoms with van der Waals surface area (Å²) in [6, 6.07) is 5.25. The van der Waals surface area contributed by atoms with Crippen molar-refractivity contribution in [3.05, 3.63) is 23.8 Å². The summed E-state index contributed by atoms with van der Waals surface area (Å²) in [5, 5.41) is 5.73. The molecule has 0 spiro atoms.